The molecule has 0 amide bonds. The van der Waals surface area contributed by atoms with Crippen molar-refractivity contribution >= 4 is 17.9 Å². The summed E-state index contributed by atoms with van der Waals surface area (Å²) in [6.07, 6.45) is 0.931. The van der Waals surface area contributed by atoms with Gasteiger partial charge in [0.25, 0.3) is 0 Å². The Bertz CT molecular complexity index is 254. The van der Waals surface area contributed by atoms with Crippen LogP contribution in [0.25, 0.3) is 0 Å². The van der Waals surface area contributed by atoms with Gasteiger partial charge in [-0.1, -0.05) is 0 Å². The summed E-state index contributed by atoms with van der Waals surface area (Å²) in [6.45, 7) is 1.60. The van der Waals surface area contributed by atoms with E-state index >= 15 is 0 Å². The highest BCUT2D eigenvalue weighted by atomic mass is 16.6. The molecule has 7 nitrogen and oxygen atoms in total. The summed E-state index contributed by atoms with van der Waals surface area (Å²) in [5, 5.41) is 9.42. The summed E-state index contributed by atoms with van der Waals surface area (Å²) in [5.41, 5.74) is 10.5. The third kappa shape index (κ3) is 7.44. The van der Waals surface area contributed by atoms with Gasteiger partial charge in [-0.2, -0.15) is 0 Å². The van der Waals surface area contributed by atoms with Crippen LogP contribution in [-0.2, 0) is 14.3 Å². The lowest BCUT2D eigenvalue weighted by molar-refractivity contribution is -0.159. The zero-order chi connectivity index (χ0) is 11.8. The summed E-state index contributed by atoms with van der Waals surface area (Å²) < 4.78 is 4.30. The molecule has 0 heterocycles. The lowest BCUT2D eigenvalue weighted by Crippen LogP contribution is -2.35. The van der Waals surface area contributed by atoms with Gasteiger partial charge in [-0.25, -0.2) is 4.79 Å². The van der Waals surface area contributed by atoms with Gasteiger partial charge in [0.15, 0.2) is 5.96 Å². The number of nitrogens with one attached hydrogen (secondary N) is 2. The number of hydrogen-bond donors (Lipinski definition) is 4. The van der Waals surface area contributed by atoms with E-state index in [0.29, 0.717) is 19.4 Å². The third-order valence-electron chi connectivity index (χ3n) is 1.55. The highest BCUT2D eigenvalue weighted by Gasteiger charge is 2.16. The second kappa shape index (κ2) is 6.77. The molecule has 0 unspecified atom stereocenters. The van der Waals surface area contributed by atoms with Crippen LogP contribution in [0, 0.1) is 5.41 Å². The van der Waals surface area contributed by atoms with Gasteiger partial charge in [0.05, 0.1) is 0 Å². The summed E-state index contributed by atoms with van der Waals surface area (Å²) in [4.78, 5) is 21.4. The minimum absolute atomic E-state index is 0.130. The summed E-state index contributed by atoms with van der Waals surface area (Å²) >= 11 is 0. The zero-order valence-electron chi connectivity index (χ0n) is 8.58. The van der Waals surface area contributed by atoms with E-state index in [-0.39, 0.29) is 5.96 Å². The molecule has 15 heavy (non-hydrogen) atoms. The number of carbonyl (C=O) groups excluding carboxylic acids is 2. The summed E-state index contributed by atoms with van der Waals surface area (Å²) in [5.74, 6) is -1.53. The number of nitrogens with two attached hydrogens (primary N) is 2. The molecule has 0 radical (unpaired) electrons. The first-order chi connectivity index (χ1) is 6.93. The Morgan fingerprint density at radius 3 is 2.60 bits per heavy atom. The SMILES string of the molecule is CC(=O)OC(=O)[C@H](N)CCCNC(=N)N. The number of hydrogen-bond acceptors (Lipinski definition) is 5. The minimum Gasteiger partial charge on any atom is -0.392 e. The Kier molecular flexibility index (Phi) is 6.03. The highest BCUT2D eigenvalue weighted by Crippen LogP contribution is 1.96. The van der Waals surface area contributed by atoms with E-state index in [4.69, 9.17) is 16.9 Å². The van der Waals surface area contributed by atoms with Gasteiger partial charge in [-0.15, -0.1) is 0 Å². The molecule has 1 atom stereocenters. The average Bonchev–Trinajstić information content (AvgIpc) is 2.10. The number of carbonyl (C=O) groups is 2. The van der Waals surface area contributed by atoms with Gasteiger partial charge in [0.1, 0.15) is 6.04 Å². The van der Waals surface area contributed by atoms with Gasteiger partial charge in [-0.05, 0) is 12.8 Å². The van der Waals surface area contributed by atoms with Crippen LogP contribution in [0.2, 0.25) is 0 Å². The minimum atomic E-state index is -0.817. The zero-order valence-corrected chi connectivity index (χ0v) is 8.58. The lowest BCUT2D eigenvalue weighted by atomic mass is 10.2. The number of esters is 2. The van der Waals surface area contributed by atoms with E-state index in [2.05, 4.69) is 10.1 Å². The van der Waals surface area contributed by atoms with Gasteiger partial charge < -0.3 is 21.5 Å². The monoisotopic (exact) mass is 216 g/mol. The number of guanidine groups is 1. The molecule has 0 saturated heterocycles. The first-order valence-electron chi connectivity index (χ1n) is 4.49. The highest BCUT2D eigenvalue weighted by molar-refractivity contribution is 5.87. The van der Waals surface area contributed by atoms with E-state index in [1.54, 1.807) is 0 Å². The van der Waals surface area contributed by atoms with Crippen LogP contribution >= 0.6 is 0 Å². The first-order valence-corrected chi connectivity index (χ1v) is 4.49. The Balaban J connectivity index is 3.64. The van der Waals surface area contributed by atoms with Crippen molar-refractivity contribution in [3.8, 4) is 0 Å². The molecule has 0 aromatic rings. The summed E-state index contributed by atoms with van der Waals surface area (Å²) in [7, 11) is 0. The molecular weight excluding hydrogens is 200 g/mol. The normalized spacial score (nSPS) is 11.6. The van der Waals surface area contributed by atoms with E-state index < -0.39 is 18.0 Å². The maximum atomic E-state index is 11.0. The van der Waals surface area contributed by atoms with Crippen molar-refractivity contribution < 1.29 is 14.3 Å². The molecule has 0 aliphatic carbocycles. The molecule has 0 aliphatic rings. The van der Waals surface area contributed by atoms with Gasteiger partial charge in [0.2, 0.25) is 0 Å². The molecule has 86 valence electrons. The van der Waals surface area contributed by atoms with Crippen molar-refractivity contribution in [1.82, 2.24) is 5.32 Å². The van der Waals surface area contributed by atoms with Crippen molar-refractivity contribution in [3.63, 3.8) is 0 Å². The lowest BCUT2D eigenvalue weighted by Gasteiger charge is -2.09. The first kappa shape index (κ1) is 13.4. The Morgan fingerprint density at radius 1 is 1.53 bits per heavy atom. The number of rotatable bonds is 5. The van der Waals surface area contributed by atoms with Gasteiger partial charge in [-0.3, -0.25) is 10.2 Å². The second-order valence-corrected chi connectivity index (χ2v) is 3.00. The molecule has 0 aromatic carbocycles. The smallest absolute Gasteiger partial charge is 0.330 e. The molecule has 0 rings (SSSR count). The van der Waals surface area contributed by atoms with Crippen molar-refractivity contribution in [2.24, 2.45) is 11.5 Å². The Hall–Kier alpha value is -1.63. The van der Waals surface area contributed by atoms with Crippen molar-refractivity contribution in [2.75, 3.05) is 6.54 Å². The fourth-order valence-corrected chi connectivity index (χ4v) is 0.880. The molecule has 0 saturated carbocycles. The van der Waals surface area contributed by atoms with Crippen molar-refractivity contribution in [1.29, 1.82) is 5.41 Å². The Labute approximate surface area is 87.6 Å². The molecule has 0 fully saturated rings. The molecule has 0 aliphatic heterocycles. The summed E-state index contributed by atoms with van der Waals surface area (Å²) in [6, 6.07) is -0.817. The molecule has 6 N–H and O–H groups in total. The van der Waals surface area contributed by atoms with Crippen LogP contribution in [-0.4, -0.2) is 30.5 Å². The molecular formula is C8H16N4O3. The molecule has 0 aromatic heterocycles. The second-order valence-electron chi connectivity index (χ2n) is 3.00. The molecule has 7 heteroatoms. The fraction of sp³-hybridized carbons (Fsp3) is 0.625. The van der Waals surface area contributed by atoms with Crippen molar-refractivity contribution in [3.05, 3.63) is 0 Å². The predicted molar refractivity (Wildman–Crippen MR) is 53.9 cm³/mol. The molecule has 0 spiro atoms. The van der Waals surface area contributed by atoms with Crippen molar-refractivity contribution in [2.45, 2.75) is 25.8 Å². The van der Waals surface area contributed by atoms with E-state index in [1.807, 2.05) is 0 Å². The van der Waals surface area contributed by atoms with E-state index in [0.717, 1.165) is 6.92 Å². The van der Waals surface area contributed by atoms with Crippen LogP contribution in [0.15, 0.2) is 0 Å². The van der Waals surface area contributed by atoms with Crippen LogP contribution in [0.3, 0.4) is 0 Å². The maximum Gasteiger partial charge on any atom is 0.330 e. The average molecular weight is 216 g/mol. The largest absolute Gasteiger partial charge is 0.392 e. The topological polar surface area (TPSA) is 131 Å². The maximum absolute atomic E-state index is 11.0. The van der Waals surface area contributed by atoms with Crippen LogP contribution in [0.1, 0.15) is 19.8 Å². The quantitative estimate of drug-likeness (QED) is 0.148. The van der Waals surface area contributed by atoms with E-state index in [9.17, 15) is 9.59 Å². The Morgan fingerprint density at radius 2 is 2.13 bits per heavy atom. The standard InChI is InChI=1S/C8H16N4O3/c1-5(13)15-7(14)6(9)3-2-4-12-8(10)11/h6H,2-4,9H2,1H3,(H4,10,11,12)/t6-/m1/s1. The van der Waals surface area contributed by atoms with Crippen LogP contribution in [0.4, 0.5) is 0 Å². The number of ether oxygens (including phenoxy) is 1. The van der Waals surface area contributed by atoms with Crippen LogP contribution in [0.5, 0.6) is 0 Å². The van der Waals surface area contributed by atoms with E-state index in [1.165, 1.54) is 0 Å². The fourth-order valence-electron chi connectivity index (χ4n) is 0.880. The van der Waals surface area contributed by atoms with Gasteiger partial charge >= 0.3 is 11.9 Å². The molecule has 0 bridgehead atoms. The van der Waals surface area contributed by atoms with Gasteiger partial charge in [0, 0.05) is 13.5 Å². The predicted octanol–water partition coefficient (Wildman–Crippen LogP) is -1.33. The van der Waals surface area contributed by atoms with Crippen LogP contribution < -0.4 is 16.8 Å². The third-order valence-corrected chi connectivity index (χ3v) is 1.55.